The molecule has 0 aromatic carbocycles. The van der Waals surface area contributed by atoms with Gasteiger partial charge < -0.3 is 10.1 Å². The number of hydrogen-bond acceptors (Lipinski definition) is 5. The van der Waals surface area contributed by atoms with Crippen molar-refractivity contribution in [3.8, 4) is 11.3 Å². The molecule has 2 aliphatic rings. The number of aromatic nitrogens is 2. The fourth-order valence-corrected chi connectivity index (χ4v) is 3.78. The van der Waals surface area contributed by atoms with E-state index in [4.69, 9.17) is 0 Å². The number of fused-ring (bicyclic) bond motifs is 1. The molecule has 2 aromatic heterocycles. The average molecular weight is 464 g/mol. The van der Waals surface area contributed by atoms with Gasteiger partial charge in [0.1, 0.15) is 12.0 Å². The standard InChI is InChI=1S/C19H15F7N4O2/c20-11-7-27-3-1-9(11)12-5-8(18(21,22)23)6-13(29-12)10-2-4-28-16-14(10)15(19(24,25)26)32-17(31)30-16/h2,4-6,9,11,15,27H,1,3,7H2,(H,28,30,31)/t9?,11?,15-/m1/s1. The van der Waals surface area contributed by atoms with Crippen LogP contribution in [0, 0.1) is 0 Å². The SMILES string of the molecule is O=C1Nc2nccc(-c3cc(C(F)(F)F)cc(C4CCNCC4F)n3)c2[C@H](C(F)(F)F)O1. The number of nitrogens with zero attached hydrogens (tertiary/aromatic N) is 2. The lowest BCUT2D eigenvalue weighted by Gasteiger charge is -2.29. The first-order valence-electron chi connectivity index (χ1n) is 9.42. The zero-order valence-electron chi connectivity index (χ0n) is 16.0. The monoisotopic (exact) mass is 464 g/mol. The van der Waals surface area contributed by atoms with Crippen molar-refractivity contribution in [3.63, 3.8) is 0 Å². The molecular weight excluding hydrogens is 449 g/mol. The summed E-state index contributed by atoms with van der Waals surface area (Å²) >= 11 is 0. The van der Waals surface area contributed by atoms with Gasteiger partial charge >= 0.3 is 18.4 Å². The van der Waals surface area contributed by atoms with Gasteiger partial charge in [0.05, 0.1) is 16.8 Å². The molecule has 4 heterocycles. The summed E-state index contributed by atoms with van der Waals surface area (Å²) < 4.78 is 100. The van der Waals surface area contributed by atoms with Crippen LogP contribution in [0.3, 0.4) is 0 Å². The number of carbonyl (C=O) groups is 1. The molecule has 32 heavy (non-hydrogen) atoms. The molecule has 1 saturated heterocycles. The van der Waals surface area contributed by atoms with Gasteiger partial charge in [0.2, 0.25) is 6.10 Å². The zero-order chi connectivity index (χ0) is 23.3. The fourth-order valence-electron chi connectivity index (χ4n) is 3.78. The number of hydrogen-bond donors (Lipinski definition) is 2. The highest BCUT2D eigenvalue weighted by Gasteiger charge is 2.49. The van der Waals surface area contributed by atoms with Crippen LogP contribution in [0.5, 0.6) is 0 Å². The first-order valence-corrected chi connectivity index (χ1v) is 9.42. The van der Waals surface area contributed by atoms with E-state index in [9.17, 15) is 35.5 Å². The highest BCUT2D eigenvalue weighted by molar-refractivity contribution is 5.89. The molecule has 4 rings (SSSR count). The molecule has 2 aliphatic heterocycles. The van der Waals surface area contributed by atoms with Crippen LogP contribution in [-0.4, -0.2) is 41.5 Å². The molecule has 0 spiro atoms. The topological polar surface area (TPSA) is 76.1 Å². The lowest BCUT2D eigenvalue weighted by molar-refractivity contribution is -0.206. The Labute approximate surface area is 176 Å². The number of alkyl halides is 7. The molecule has 3 atom stereocenters. The summed E-state index contributed by atoms with van der Waals surface area (Å²) in [6, 6.07) is 2.33. The third kappa shape index (κ3) is 4.20. The van der Waals surface area contributed by atoms with Gasteiger partial charge in [-0.25, -0.2) is 14.2 Å². The van der Waals surface area contributed by atoms with Crippen LogP contribution in [0.15, 0.2) is 24.4 Å². The molecule has 2 N–H and O–H groups in total. The number of nitrogens with one attached hydrogen (secondary N) is 2. The Balaban J connectivity index is 1.92. The van der Waals surface area contributed by atoms with E-state index in [2.05, 4.69) is 20.0 Å². The van der Waals surface area contributed by atoms with E-state index >= 15 is 0 Å². The molecule has 0 bridgehead atoms. The van der Waals surface area contributed by atoms with Crippen molar-refractivity contribution in [1.82, 2.24) is 15.3 Å². The van der Waals surface area contributed by atoms with Gasteiger partial charge in [-0.15, -0.1) is 0 Å². The Morgan fingerprint density at radius 1 is 1.12 bits per heavy atom. The predicted octanol–water partition coefficient (Wildman–Crippen LogP) is 4.74. The van der Waals surface area contributed by atoms with E-state index in [1.807, 2.05) is 5.32 Å². The van der Waals surface area contributed by atoms with Crippen LogP contribution >= 0.6 is 0 Å². The molecule has 172 valence electrons. The lowest BCUT2D eigenvalue weighted by Crippen LogP contribution is -2.37. The minimum absolute atomic E-state index is 0.0847. The zero-order valence-corrected chi connectivity index (χ0v) is 16.0. The minimum atomic E-state index is -5.06. The quantitative estimate of drug-likeness (QED) is 0.628. The summed E-state index contributed by atoms with van der Waals surface area (Å²) in [5, 5.41) is 4.79. The maximum atomic E-state index is 14.4. The minimum Gasteiger partial charge on any atom is -0.431 e. The van der Waals surface area contributed by atoms with E-state index in [1.165, 1.54) is 0 Å². The molecular formula is C19H15F7N4O2. The highest BCUT2D eigenvalue weighted by Crippen LogP contribution is 2.46. The number of piperidine rings is 1. The predicted molar refractivity (Wildman–Crippen MR) is 96.5 cm³/mol. The summed E-state index contributed by atoms with van der Waals surface area (Å²) in [5.41, 5.74) is -2.92. The van der Waals surface area contributed by atoms with Crippen LogP contribution in [0.25, 0.3) is 11.3 Å². The van der Waals surface area contributed by atoms with Crippen LogP contribution in [-0.2, 0) is 10.9 Å². The molecule has 0 radical (unpaired) electrons. The van der Waals surface area contributed by atoms with Crippen molar-refractivity contribution in [3.05, 3.63) is 41.2 Å². The summed E-state index contributed by atoms with van der Waals surface area (Å²) in [4.78, 5) is 19.3. The lowest BCUT2D eigenvalue weighted by atomic mass is 9.90. The smallest absolute Gasteiger partial charge is 0.430 e. The molecule has 0 saturated carbocycles. The number of ether oxygens (including phenoxy) is 1. The first-order chi connectivity index (χ1) is 14.9. The van der Waals surface area contributed by atoms with E-state index < -0.39 is 59.3 Å². The summed E-state index contributed by atoms with van der Waals surface area (Å²) in [5.74, 6) is -1.48. The Bertz CT molecular complexity index is 1040. The van der Waals surface area contributed by atoms with Gasteiger partial charge in [-0.05, 0) is 31.2 Å². The number of amides is 1. The van der Waals surface area contributed by atoms with Crippen molar-refractivity contribution in [2.45, 2.75) is 37.0 Å². The number of pyridine rings is 2. The van der Waals surface area contributed by atoms with Gasteiger partial charge in [-0.3, -0.25) is 10.3 Å². The van der Waals surface area contributed by atoms with Gasteiger partial charge in [-0.1, -0.05) is 0 Å². The van der Waals surface area contributed by atoms with Crippen molar-refractivity contribution in [1.29, 1.82) is 0 Å². The molecule has 1 amide bonds. The maximum absolute atomic E-state index is 14.4. The van der Waals surface area contributed by atoms with Crippen molar-refractivity contribution in [2.24, 2.45) is 0 Å². The van der Waals surface area contributed by atoms with E-state index in [0.717, 1.165) is 12.3 Å². The van der Waals surface area contributed by atoms with Crippen molar-refractivity contribution >= 4 is 11.9 Å². The highest BCUT2D eigenvalue weighted by atomic mass is 19.4. The van der Waals surface area contributed by atoms with Gasteiger partial charge in [0, 0.05) is 29.9 Å². The van der Waals surface area contributed by atoms with Gasteiger partial charge in [-0.2, -0.15) is 26.3 Å². The normalized spacial score (nSPS) is 23.8. The summed E-state index contributed by atoms with van der Waals surface area (Å²) in [6.45, 7) is 0.262. The van der Waals surface area contributed by atoms with Crippen LogP contribution in [0.4, 0.5) is 41.3 Å². The van der Waals surface area contributed by atoms with Crippen LogP contribution in [0.1, 0.15) is 35.3 Å². The second-order valence-corrected chi connectivity index (χ2v) is 7.35. The Morgan fingerprint density at radius 2 is 1.88 bits per heavy atom. The first kappa shape index (κ1) is 22.2. The Kier molecular flexibility index (Phi) is 5.47. The second-order valence-electron chi connectivity index (χ2n) is 7.35. The maximum Gasteiger partial charge on any atom is 0.430 e. The third-order valence-corrected chi connectivity index (χ3v) is 5.23. The number of carbonyl (C=O) groups excluding carboxylic acids is 1. The van der Waals surface area contributed by atoms with E-state index in [0.29, 0.717) is 18.7 Å². The average Bonchev–Trinajstić information content (AvgIpc) is 2.71. The second kappa shape index (κ2) is 7.87. The molecule has 6 nitrogen and oxygen atoms in total. The molecule has 2 unspecified atom stereocenters. The summed E-state index contributed by atoms with van der Waals surface area (Å²) in [7, 11) is 0. The number of halogens is 7. The largest absolute Gasteiger partial charge is 0.431 e. The molecule has 1 fully saturated rings. The molecule has 2 aromatic rings. The Morgan fingerprint density at radius 3 is 2.53 bits per heavy atom. The van der Waals surface area contributed by atoms with E-state index in [1.54, 1.807) is 0 Å². The molecule has 0 aliphatic carbocycles. The summed E-state index contributed by atoms with van der Waals surface area (Å²) in [6.07, 6.45) is -14.4. The fraction of sp³-hybridized carbons (Fsp3) is 0.421. The number of rotatable bonds is 2. The Hall–Kier alpha value is -2.96. The van der Waals surface area contributed by atoms with Crippen molar-refractivity contribution in [2.75, 3.05) is 18.4 Å². The number of cyclic esters (lactones) is 1. The van der Waals surface area contributed by atoms with Gasteiger partial charge in [0.25, 0.3) is 0 Å². The molecule has 13 heteroatoms. The van der Waals surface area contributed by atoms with Crippen LogP contribution < -0.4 is 10.6 Å². The van der Waals surface area contributed by atoms with Gasteiger partial charge in [0.15, 0.2) is 0 Å². The van der Waals surface area contributed by atoms with Crippen molar-refractivity contribution < 1.29 is 40.3 Å². The third-order valence-electron chi connectivity index (χ3n) is 5.23. The van der Waals surface area contributed by atoms with E-state index in [-0.39, 0.29) is 24.2 Å². The number of anilines is 1. The van der Waals surface area contributed by atoms with Crippen LogP contribution in [0.2, 0.25) is 0 Å².